The summed E-state index contributed by atoms with van der Waals surface area (Å²) in [5.41, 5.74) is 0. The summed E-state index contributed by atoms with van der Waals surface area (Å²) in [4.78, 5) is 0. The summed E-state index contributed by atoms with van der Waals surface area (Å²) in [7, 11) is 0. The van der Waals surface area contributed by atoms with Crippen molar-refractivity contribution in [2.45, 2.75) is 0 Å². The second-order valence-corrected chi connectivity index (χ2v) is 4.49. The van der Waals surface area contributed by atoms with Crippen LogP contribution in [0.15, 0.2) is 60.7 Å². The van der Waals surface area contributed by atoms with Crippen LogP contribution in [0.25, 0.3) is 32.3 Å². The number of hydrogen-bond donors (Lipinski definition) is 0. The topological polar surface area (TPSA) is 0 Å². The van der Waals surface area contributed by atoms with Gasteiger partial charge < -0.3 is 0 Å². The molecular weight excluding hydrogens is 216 g/mol. The zero-order valence-electron chi connectivity index (χ0n) is 9.77. The lowest BCUT2D eigenvalue weighted by atomic mass is 9.97. The van der Waals surface area contributed by atoms with E-state index in [-0.39, 0.29) is 0 Å². The van der Waals surface area contributed by atoms with Gasteiger partial charge in [0.25, 0.3) is 0 Å². The van der Waals surface area contributed by atoms with Gasteiger partial charge in [-0.25, -0.2) is 0 Å². The molecule has 0 aliphatic rings. The molecule has 0 aliphatic heterocycles. The average molecular weight is 226 g/mol. The Bertz CT molecular complexity index is 797. The molecule has 0 saturated heterocycles. The predicted molar refractivity (Wildman–Crippen MR) is 76.6 cm³/mol. The normalized spacial score (nSPS) is 11.3. The third kappa shape index (κ3) is 1.26. The van der Waals surface area contributed by atoms with Gasteiger partial charge in [-0.1, -0.05) is 54.6 Å². The van der Waals surface area contributed by atoms with Crippen molar-refractivity contribution in [2.75, 3.05) is 0 Å². The third-order valence-electron chi connectivity index (χ3n) is 3.47. The molecule has 0 heterocycles. The minimum absolute atomic E-state index is 1.16. The van der Waals surface area contributed by atoms with E-state index in [0.717, 1.165) is 5.39 Å². The number of hydrogen-bond acceptors (Lipinski definition) is 0. The smallest absolute Gasteiger partial charge is 0.00923 e. The summed E-state index contributed by atoms with van der Waals surface area (Å²) in [5, 5.41) is 7.38. The number of fused-ring (bicyclic) bond motifs is 5. The van der Waals surface area contributed by atoms with Crippen molar-refractivity contribution in [2.24, 2.45) is 0 Å². The fraction of sp³-hybridized carbons (Fsp3) is 0. The van der Waals surface area contributed by atoms with E-state index in [9.17, 15) is 0 Å². The fourth-order valence-corrected chi connectivity index (χ4v) is 2.61. The van der Waals surface area contributed by atoms with Crippen LogP contribution in [0.5, 0.6) is 0 Å². The molecule has 0 aromatic heterocycles. The molecule has 0 N–H and O–H groups in total. The maximum atomic E-state index is 3.37. The molecular formula is C18H10. The summed E-state index contributed by atoms with van der Waals surface area (Å²) in [6.45, 7) is 0. The molecule has 0 spiro atoms. The van der Waals surface area contributed by atoms with Crippen LogP contribution in [-0.2, 0) is 0 Å². The van der Waals surface area contributed by atoms with Crippen LogP contribution in [0.3, 0.4) is 0 Å². The lowest BCUT2D eigenvalue weighted by molar-refractivity contribution is 1.76. The molecule has 0 unspecified atom stereocenters. The highest BCUT2D eigenvalue weighted by molar-refractivity contribution is 6.16. The first-order valence-corrected chi connectivity index (χ1v) is 6.06. The molecule has 4 aromatic rings. The summed E-state index contributed by atoms with van der Waals surface area (Å²) < 4.78 is 0. The van der Waals surface area contributed by atoms with Crippen LogP contribution >= 0.6 is 0 Å². The lowest BCUT2D eigenvalue weighted by Gasteiger charge is -2.06. The zero-order valence-corrected chi connectivity index (χ0v) is 9.77. The summed E-state index contributed by atoms with van der Waals surface area (Å²) >= 11 is 0. The van der Waals surface area contributed by atoms with Crippen LogP contribution in [0, 0.1) is 12.1 Å². The van der Waals surface area contributed by atoms with Crippen molar-refractivity contribution in [3.63, 3.8) is 0 Å². The first-order valence-electron chi connectivity index (χ1n) is 6.06. The Hall–Kier alpha value is -2.34. The Morgan fingerprint density at radius 3 is 2.33 bits per heavy atom. The molecule has 0 heteroatoms. The lowest BCUT2D eigenvalue weighted by Crippen LogP contribution is -1.80. The van der Waals surface area contributed by atoms with Crippen molar-refractivity contribution in [3.05, 3.63) is 72.8 Å². The molecule has 0 fully saturated rings. The molecule has 18 heavy (non-hydrogen) atoms. The standard InChI is InChI=1S/C18H10/c1-3-7-15-13(5-1)9-11-18-16-8-4-2-6-14(16)10-12-17(15)18/h1-5,7-8,10-12H. The van der Waals surface area contributed by atoms with E-state index < -0.39 is 0 Å². The van der Waals surface area contributed by atoms with Gasteiger partial charge in [-0.2, -0.15) is 0 Å². The Balaban J connectivity index is 2.31. The van der Waals surface area contributed by atoms with E-state index in [0.29, 0.717) is 0 Å². The zero-order chi connectivity index (χ0) is 11.9. The third-order valence-corrected chi connectivity index (χ3v) is 3.47. The molecule has 0 nitrogen and oxygen atoms in total. The second kappa shape index (κ2) is 3.58. The van der Waals surface area contributed by atoms with Gasteiger partial charge in [-0.05, 0) is 50.5 Å². The minimum atomic E-state index is 1.16. The Morgan fingerprint density at radius 2 is 1.33 bits per heavy atom. The molecule has 0 atom stereocenters. The van der Waals surface area contributed by atoms with Gasteiger partial charge in [0.15, 0.2) is 0 Å². The fourth-order valence-electron chi connectivity index (χ4n) is 2.61. The molecule has 0 amide bonds. The van der Waals surface area contributed by atoms with Gasteiger partial charge in [-0.15, -0.1) is 0 Å². The largest absolute Gasteiger partial charge is 0.0616 e. The van der Waals surface area contributed by atoms with E-state index in [1.54, 1.807) is 0 Å². The van der Waals surface area contributed by atoms with Gasteiger partial charge in [0.2, 0.25) is 0 Å². The van der Waals surface area contributed by atoms with Gasteiger partial charge in [-0.3, -0.25) is 0 Å². The van der Waals surface area contributed by atoms with Gasteiger partial charge in [0, 0.05) is 0 Å². The maximum Gasteiger partial charge on any atom is -0.00923 e. The number of rotatable bonds is 0. The van der Waals surface area contributed by atoms with Crippen molar-refractivity contribution < 1.29 is 0 Å². The monoisotopic (exact) mass is 226 g/mol. The van der Waals surface area contributed by atoms with E-state index in [1.807, 2.05) is 12.1 Å². The average Bonchev–Trinajstić information content (AvgIpc) is 2.46. The summed E-state index contributed by atoms with van der Waals surface area (Å²) in [6, 6.07) is 27.6. The van der Waals surface area contributed by atoms with E-state index in [1.165, 1.54) is 26.9 Å². The Kier molecular flexibility index (Phi) is 1.92. The Morgan fingerprint density at radius 1 is 0.556 bits per heavy atom. The highest BCUT2D eigenvalue weighted by Crippen LogP contribution is 2.30. The van der Waals surface area contributed by atoms with Crippen LogP contribution in [0.1, 0.15) is 0 Å². The van der Waals surface area contributed by atoms with E-state index in [4.69, 9.17) is 0 Å². The predicted octanol–water partition coefficient (Wildman–Crippen LogP) is 4.75. The van der Waals surface area contributed by atoms with Crippen molar-refractivity contribution in [3.8, 4) is 0 Å². The summed E-state index contributed by atoms with van der Waals surface area (Å²) in [6.07, 6.45) is 0. The van der Waals surface area contributed by atoms with Gasteiger partial charge in [0.1, 0.15) is 0 Å². The SMILES string of the molecule is [c]1cccc2c1ccc1c3ccccc3[c]cc21. The first kappa shape index (κ1) is 9.67. The number of benzene rings is 4. The quantitative estimate of drug-likeness (QED) is 0.380. The highest BCUT2D eigenvalue weighted by atomic mass is 14.1. The Labute approximate surface area is 105 Å². The molecule has 4 rings (SSSR count). The van der Waals surface area contributed by atoms with E-state index >= 15 is 0 Å². The van der Waals surface area contributed by atoms with Gasteiger partial charge >= 0.3 is 0 Å². The van der Waals surface area contributed by atoms with Crippen LogP contribution < -0.4 is 0 Å². The molecule has 0 bridgehead atoms. The minimum Gasteiger partial charge on any atom is -0.0616 e. The molecule has 0 aliphatic carbocycles. The van der Waals surface area contributed by atoms with Crippen LogP contribution in [-0.4, -0.2) is 0 Å². The molecule has 82 valence electrons. The summed E-state index contributed by atoms with van der Waals surface area (Å²) in [5.74, 6) is 0. The van der Waals surface area contributed by atoms with Crippen LogP contribution in [0.2, 0.25) is 0 Å². The second-order valence-electron chi connectivity index (χ2n) is 4.49. The van der Waals surface area contributed by atoms with Crippen molar-refractivity contribution in [1.82, 2.24) is 0 Å². The van der Waals surface area contributed by atoms with Crippen LogP contribution in [0.4, 0.5) is 0 Å². The van der Waals surface area contributed by atoms with E-state index in [2.05, 4.69) is 60.7 Å². The molecule has 0 saturated carbocycles. The first-order chi connectivity index (χ1) is 8.93. The molecule has 4 aromatic carbocycles. The van der Waals surface area contributed by atoms with Crippen molar-refractivity contribution in [1.29, 1.82) is 0 Å². The van der Waals surface area contributed by atoms with Gasteiger partial charge in [0.05, 0.1) is 0 Å². The maximum absolute atomic E-state index is 3.37. The van der Waals surface area contributed by atoms with Crippen molar-refractivity contribution >= 4 is 32.3 Å². The molecule has 2 radical (unpaired) electrons. The highest BCUT2D eigenvalue weighted by Gasteiger charge is 2.03.